The lowest BCUT2D eigenvalue weighted by Crippen LogP contribution is -2.18. The predicted molar refractivity (Wildman–Crippen MR) is 65.3 cm³/mol. The lowest BCUT2D eigenvalue weighted by atomic mass is 9.85. The first-order chi connectivity index (χ1) is 8.70. The Hall–Kier alpha value is -1.49. The van der Waals surface area contributed by atoms with E-state index < -0.39 is 11.6 Å². The van der Waals surface area contributed by atoms with Gasteiger partial charge in [-0.15, -0.1) is 0 Å². The van der Waals surface area contributed by atoms with Crippen LogP contribution in [0.1, 0.15) is 31.0 Å². The van der Waals surface area contributed by atoms with Gasteiger partial charge in [0.2, 0.25) is 0 Å². The van der Waals surface area contributed by atoms with Gasteiger partial charge < -0.3 is 10.3 Å². The fourth-order valence-corrected chi connectivity index (χ4v) is 2.48. The molecule has 0 amide bonds. The standard InChI is InChI=1S/C13H15F2N3/c14-9-6-11-12(7-10(9)15)18(5-4-16)13(17-11)8-2-1-3-8/h6-8H,1-5,16H2. The van der Waals surface area contributed by atoms with Crippen molar-refractivity contribution in [2.24, 2.45) is 5.73 Å². The summed E-state index contributed by atoms with van der Waals surface area (Å²) in [6.07, 6.45) is 3.39. The summed E-state index contributed by atoms with van der Waals surface area (Å²) in [6, 6.07) is 2.38. The third-order valence-electron chi connectivity index (χ3n) is 3.64. The van der Waals surface area contributed by atoms with Gasteiger partial charge in [0.15, 0.2) is 11.6 Å². The zero-order chi connectivity index (χ0) is 12.7. The quantitative estimate of drug-likeness (QED) is 0.911. The van der Waals surface area contributed by atoms with E-state index in [1.54, 1.807) is 0 Å². The molecule has 1 aliphatic rings. The molecular weight excluding hydrogens is 236 g/mol. The van der Waals surface area contributed by atoms with Crippen molar-refractivity contribution in [3.05, 3.63) is 29.6 Å². The second-order valence-corrected chi connectivity index (χ2v) is 4.79. The number of rotatable bonds is 3. The molecule has 3 rings (SSSR count). The van der Waals surface area contributed by atoms with E-state index in [2.05, 4.69) is 4.98 Å². The first kappa shape index (κ1) is 11.6. The Morgan fingerprint density at radius 1 is 1.28 bits per heavy atom. The Morgan fingerprint density at radius 2 is 2.00 bits per heavy atom. The number of halogens is 2. The zero-order valence-corrected chi connectivity index (χ0v) is 10.00. The zero-order valence-electron chi connectivity index (χ0n) is 10.00. The number of hydrogen-bond acceptors (Lipinski definition) is 2. The van der Waals surface area contributed by atoms with Crippen LogP contribution in [0.25, 0.3) is 11.0 Å². The minimum atomic E-state index is -0.847. The molecule has 18 heavy (non-hydrogen) atoms. The number of imidazole rings is 1. The molecule has 0 unspecified atom stereocenters. The molecule has 96 valence electrons. The summed E-state index contributed by atoms with van der Waals surface area (Å²) < 4.78 is 28.5. The lowest BCUT2D eigenvalue weighted by molar-refractivity contribution is 0.389. The van der Waals surface area contributed by atoms with Gasteiger partial charge in [-0.3, -0.25) is 0 Å². The van der Waals surface area contributed by atoms with Crippen LogP contribution in [-0.4, -0.2) is 16.1 Å². The Labute approximate surface area is 104 Å². The molecule has 3 nitrogen and oxygen atoms in total. The van der Waals surface area contributed by atoms with Crippen molar-refractivity contribution in [1.29, 1.82) is 0 Å². The van der Waals surface area contributed by atoms with Crippen molar-refractivity contribution in [2.45, 2.75) is 31.7 Å². The molecule has 1 aliphatic carbocycles. The van der Waals surface area contributed by atoms with Gasteiger partial charge in [-0.05, 0) is 12.8 Å². The number of fused-ring (bicyclic) bond motifs is 1. The summed E-state index contributed by atoms with van der Waals surface area (Å²) in [5, 5.41) is 0. The van der Waals surface area contributed by atoms with Crippen molar-refractivity contribution in [2.75, 3.05) is 6.54 Å². The molecule has 1 aromatic carbocycles. The van der Waals surface area contributed by atoms with Crippen molar-refractivity contribution in [3.63, 3.8) is 0 Å². The van der Waals surface area contributed by atoms with Crippen molar-refractivity contribution in [3.8, 4) is 0 Å². The molecule has 1 heterocycles. The number of nitrogens with zero attached hydrogens (tertiary/aromatic N) is 2. The maximum atomic E-state index is 13.3. The van der Waals surface area contributed by atoms with Crippen molar-refractivity contribution >= 4 is 11.0 Å². The first-order valence-electron chi connectivity index (χ1n) is 6.26. The Kier molecular flexibility index (Phi) is 2.78. The second kappa shape index (κ2) is 4.31. The van der Waals surface area contributed by atoms with Crippen molar-refractivity contribution in [1.82, 2.24) is 9.55 Å². The summed E-state index contributed by atoms with van der Waals surface area (Å²) in [6.45, 7) is 1.05. The van der Waals surface area contributed by atoms with E-state index in [0.29, 0.717) is 30.0 Å². The van der Waals surface area contributed by atoms with Gasteiger partial charge in [0, 0.05) is 31.1 Å². The van der Waals surface area contributed by atoms with Crippen LogP contribution in [0.2, 0.25) is 0 Å². The fourth-order valence-electron chi connectivity index (χ4n) is 2.48. The van der Waals surface area contributed by atoms with Gasteiger partial charge in [-0.2, -0.15) is 0 Å². The lowest BCUT2D eigenvalue weighted by Gasteiger charge is -2.25. The molecule has 1 aromatic heterocycles. The van der Waals surface area contributed by atoms with E-state index >= 15 is 0 Å². The second-order valence-electron chi connectivity index (χ2n) is 4.79. The van der Waals surface area contributed by atoms with Crippen LogP contribution in [0.5, 0.6) is 0 Å². The van der Waals surface area contributed by atoms with Crippen LogP contribution < -0.4 is 5.73 Å². The predicted octanol–water partition coefficient (Wildman–Crippen LogP) is 2.54. The van der Waals surface area contributed by atoms with E-state index in [9.17, 15) is 8.78 Å². The van der Waals surface area contributed by atoms with Crippen LogP contribution >= 0.6 is 0 Å². The van der Waals surface area contributed by atoms with Gasteiger partial charge in [0.25, 0.3) is 0 Å². The summed E-state index contributed by atoms with van der Waals surface area (Å²) >= 11 is 0. The van der Waals surface area contributed by atoms with Gasteiger partial charge in [0.1, 0.15) is 5.82 Å². The van der Waals surface area contributed by atoms with E-state index in [-0.39, 0.29) is 0 Å². The first-order valence-corrected chi connectivity index (χ1v) is 6.26. The van der Waals surface area contributed by atoms with E-state index in [0.717, 1.165) is 18.7 Å². The van der Waals surface area contributed by atoms with Crippen LogP contribution in [0, 0.1) is 11.6 Å². The van der Waals surface area contributed by atoms with E-state index in [1.807, 2.05) is 4.57 Å². The molecule has 2 N–H and O–H groups in total. The van der Waals surface area contributed by atoms with E-state index in [1.165, 1.54) is 18.6 Å². The third kappa shape index (κ3) is 1.70. The highest BCUT2D eigenvalue weighted by Crippen LogP contribution is 2.37. The van der Waals surface area contributed by atoms with Gasteiger partial charge in [-0.25, -0.2) is 13.8 Å². The molecule has 0 radical (unpaired) electrons. The minimum absolute atomic E-state index is 0.412. The highest BCUT2D eigenvalue weighted by Gasteiger charge is 2.26. The largest absolute Gasteiger partial charge is 0.329 e. The Bertz CT molecular complexity index is 587. The molecule has 5 heteroatoms. The molecule has 0 bridgehead atoms. The number of hydrogen-bond donors (Lipinski definition) is 1. The molecule has 0 aliphatic heterocycles. The molecule has 1 saturated carbocycles. The van der Waals surface area contributed by atoms with Crippen LogP contribution in [-0.2, 0) is 6.54 Å². The van der Waals surface area contributed by atoms with Crippen LogP contribution in [0.3, 0.4) is 0 Å². The average Bonchev–Trinajstić information content (AvgIpc) is 2.57. The van der Waals surface area contributed by atoms with Crippen LogP contribution in [0.15, 0.2) is 12.1 Å². The number of benzene rings is 1. The maximum Gasteiger partial charge on any atom is 0.161 e. The summed E-state index contributed by atoms with van der Waals surface area (Å²) in [7, 11) is 0. The smallest absolute Gasteiger partial charge is 0.161 e. The molecule has 2 aromatic rings. The minimum Gasteiger partial charge on any atom is -0.329 e. The highest BCUT2D eigenvalue weighted by atomic mass is 19.2. The Balaban J connectivity index is 2.18. The summed E-state index contributed by atoms with van der Waals surface area (Å²) in [4.78, 5) is 4.46. The van der Waals surface area contributed by atoms with Gasteiger partial charge in [-0.1, -0.05) is 6.42 Å². The summed E-state index contributed by atoms with van der Waals surface area (Å²) in [5.74, 6) is -0.345. The number of nitrogens with two attached hydrogens (primary N) is 1. The van der Waals surface area contributed by atoms with Crippen LogP contribution in [0.4, 0.5) is 8.78 Å². The third-order valence-corrected chi connectivity index (χ3v) is 3.64. The molecule has 0 spiro atoms. The van der Waals surface area contributed by atoms with E-state index in [4.69, 9.17) is 5.73 Å². The Morgan fingerprint density at radius 3 is 2.61 bits per heavy atom. The molecule has 1 fully saturated rings. The van der Waals surface area contributed by atoms with Gasteiger partial charge >= 0.3 is 0 Å². The molecule has 0 atom stereocenters. The van der Waals surface area contributed by atoms with Gasteiger partial charge in [0.05, 0.1) is 11.0 Å². The normalized spacial score (nSPS) is 16.2. The number of aromatic nitrogens is 2. The monoisotopic (exact) mass is 251 g/mol. The highest BCUT2D eigenvalue weighted by molar-refractivity contribution is 5.76. The van der Waals surface area contributed by atoms with Crippen molar-refractivity contribution < 1.29 is 8.78 Å². The maximum absolute atomic E-state index is 13.3. The SMILES string of the molecule is NCCn1c(C2CCC2)nc2cc(F)c(F)cc21. The summed E-state index contributed by atoms with van der Waals surface area (Å²) in [5.41, 5.74) is 6.75. The molecule has 0 saturated heterocycles. The average molecular weight is 251 g/mol. The fraction of sp³-hybridized carbons (Fsp3) is 0.462. The molecular formula is C13H15F2N3. The topological polar surface area (TPSA) is 43.8 Å².